The van der Waals surface area contributed by atoms with Gasteiger partial charge in [-0.15, -0.1) is 0 Å². The summed E-state index contributed by atoms with van der Waals surface area (Å²) in [5.41, 5.74) is -0.635. The molecule has 5 atom stereocenters. The average Bonchev–Trinajstić information content (AvgIpc) is 3.50. The van der Waals surface area contributed by atoms with Gasteiger partial charge in [0.2, 0.25) is 29.4 Å². The Bertz CT molecular complexity index is 1450. The maximum atomic E-state index is 14.2. The van der Waals surface area contributed by atoms with E-state index in [0.29, 0.717) is 12.8 Å². The van der Waals surface area contributed by atoms with E-state index in [1.165, 1.54) is 11.8 Å². The molecule has 1 saturated heterocycles. The van der Waals surface area contributed by atoms with Crippen molar-refractivity contribution in [1.29, 1.82) is 0 Å². The van der Waals surface area contributed by atoms with Crippen LogP contribution in [-0.2, 0) is 38.2 Å². The second-order valence-electron chi connectivity index (χ2n) is 16.2. The van der Waals surface area contributed by atoms with Crippen LogP contribution in [0.3, 0.4) is 0 Å². The minimum absolute atomic E-state index is 0.0541. The van der Waals surface area contributed by atoms with Crippen LogP contribution >= 0.6 is 0 Å². The lowest BCUT2D eigenvalue weighted by molar-refractivity contribution is -0.144. The van der Waals surface area contributed by atoms with Crippen molar-refractivity contribution in [3.8, 4) is 0 Å². The van der Waals surface area contributed by atoms with Gasteiger partial charge in [0.05, 0.1) is 36.9 Å². The topological polar surface area (TPSA) is 201 Å². The molecule has 1 aromatic rings. The molecular formula is C39H62N6O9. The van der Waals surface area contributed by atoms with Gasteiger partial charge in [-0.05, 0) is 44.1 Å². The summed E-state index contributed by atoms with van der Waals surface area (Å²) in [7, 11) is 0. The van der Waals surface area contributed by atoms with Gasteiger partial charge in [0.1, 0.15) is 12.1 Å². The van der Waals surface area contributed by atoms with E-state index in [4.69, 9.17) is 9.47 Å². The molecule has 1 unspecified atom stereocenters. The van der Waals surface area contributed by atoms with E-state index in [1.54, 1.807) is 45.0 Å². The molecule has 2 rings (SSSR count). The average molecular weight is 759 g/mol. The summed E-state index contributed by atoms with van der Waals surface area (Å²) >= 11 is 0. The Kier molecular flexibility index (Phi) is 17.6. The molecule has 1 fully saturated rings. The Balaban J connectivity index is 2.24. The third-order valence-corrected chi connectivity index (χ3v) is 8.50. The van der Waals surface area contributed by atoms with E-state index in [2.05, 4.69) is 26.6 Å². The highest BCUT2D eigenvalue weighted by Gasteiger charge is 2.47. The van der Waals surface area contributed by atoms with Crippen molar-refractivity contribution in [1.82, 2.24) is 31.5 Å². The zero-order valence-corrected chi connectivity index (χ0v) is 33.6. The van der Waals surface area contributed by atoms with Crippen LogP contribution in [0, 0.1) is 11.3 Å². The number of unbranched alkanes of at least 4 members (excludes halogenated alkanes) is 1. The Labute approximate surface area is 319 Å². The molecule has 0 bridgehead atoms. The molecule has 1 heterocycles. The van der Waals surface area contributed by atoms with Gasteiger partial charge in [-0.25, -0.2) is 4.79 Å². The van der Waals surface area contributed by atoms with E-state index >= 15 is 0 Å². The molecule has 0 radical (unpaired) electrons. The van der Waals surface area contributed by atoms with E-state index in [1.807, 2.05) is 47.6 Å². The van der Waals surface area contributed by atoms with Crippen LogP contribution in [0.15, 0.2) is 30.3 Å². The van der Waals surface area contributed by atoms with Gasteiger partial charge in [-0.1, -0.05) is 84.7 Å². The third-order valence-electron chi connectivity index (χ3n) is 8.50. The molecule has 6 amide bonds. The summed E-state index contributed by atoms with van der Waals surface area (Å²) in [5, 5.41) is 13.2. The first-order chi connectivity index (χ1) is 25.1. The minimum atomic E-state index is -1.24. The number of nitrogens with one attached hydrogen (secondary N) is 5. The van der Waals surface area contributed by atoms with Gasteiger partial charge in [-0.3, -0.25) is 28.8 Å². The Morgan fingerprint density at radius 2 is 1.56 bits per heavy atom. The Morgan fingerprint density at radius 1 is 0.907 bits per heavy atom. The number of alkyl carbamates (subject to hydrolysis) is 1. The number of ketones is 1. The van der Waals surface area contributed by atoms with Gasteiger partial charge in [0.15, 0.2) is 0 Å². The lowest BCUT2D eigenvalue weighted by Crippen LogP contribution is -2.59. The Morgan fingerprint density at radius 3 is 2.11 bits per heavy atom. The number of likely N-dealkylation sites (tertiary alicyclic amines) is 1. The number of rotatable bonds is 18. The summed E-state index contributed by atoms with van der Waals surface area (Å²) in [6.07, 6.45) is 0.141. The molecule has 15 heteroatoms. The van der Waals surface area contributed by atoms with Crippen molar-refractivity contribution in [2.75, 3.05) is 26.2 Å². The lowest BCUT2D eigenvalue weighted by atomic mass is 9.85. The van der Waals surface area contributed by atoms with E-state index in [-0.39, 0.29) is 44.4 Å². The number of carbonyl (C=O) groups is 7. The molecule has 5 N–H and O–H groups in total. The Hall–Kier alpha value is -4.53. The first-order valence-electron chi connectivity index (χ1n) is 18.8. The quantitative estimate of drug-likeness (QED) is 0.140. The summed E-state index contributed by atoms with van der Waals surface area (Å²) in [6, 6.07) is 5.00. The van der Waals surface area contributed by atoms with Crippen LogP contribution in [0.1, 0.15) is 107 Å². The number of ether oxygens (including phenoxy) is 2. The number of amides is 6. The molecule has 1 aromatic carbocycles. The number of benzene rings is 1. The lowest BCUT2D eigenvalue weighted by Gasteiger charge is -2.35. The van der Waals surface area contributed by atoms with E-state index < -0.39 is 83.3 Å². The van der Waals surface area contributed by atoms with Crippen LogP contribution < -0.4 is 26.6 Å². The molecule has 54 heavy (non-hydrogen) atoms. The SMILES string of the molecule is CCCCC(NC(=O)[C@@H]1C[C@@H](OC(C)(C)C)CN1C(=O)[C@@H](NC(=O)OCC(C)C)C(C)(C)C)C(=O)C(=O)NCC(=O)N[C@@H](CNC(C)=O)c1ccccc1. The zero-order valence-electron chi connectivity index (χ0n) is 33.6. The molecule has 15 nitrogen and oxygen atoms in total. The van der Waals surface area contributed by atoms with Crippen molar-refractivity contribution in [3.63, 3.8) is 0 Å². The van der Waals surface area contributed by atoms with Crippen molar-refractivity contribution in [2.45, 2.75) is 131 Å². The standard InChI is InChI=1S/C39H62N6O9/c1-11-12-18-28(32(48)35(50)41-21-31(47)42-29(20-40-25(4)46)26-16-14-13-15-17-26)43-34(49)30-19-27(54-39(8,9)10)22-45(30)36(51)33(38(5,6)7)44-37(52)53-23-24(2)3/h13-17,24,27-30,33H,11-12,18-23H2,1-10H3,(H,40,46)(H,41,50)(H,42,47)(H,43,49)(H,44,52)/t27-,28?,29+,30+,33-/m1/s1. The van der Waals surface area contributed by atoms with Crippen LogP contribution in [-0.4, -0.2) is 102 Å². The molecule has 1 aliphatic rings. The fourth-order valence-electron chi connectivity index (χ4n) is 5.87. The number of hydrogen-bond acceptors (Lipinski definition) is 9. The van der Waals surface area contributed by atoms with Gasteiger partial charge in [0, 0.05) is 26.4 Å². The smallest absolute Gasteiger partial charge is 0.407 e. The third kappa shape index (κ3) is 15.4. The number of carbonyl (C=O) groups excluding carboxylic acids is 7. The van der Waals surface area contributed by atoms with Crippen LogP contribution in [0.4, 0.5) is 4.79 Å². The molecule has 0 saturated carbocycles. The minimum Gasteiger partial charge on any atom is -0.449 e. The highest BCUT2D eigenvalue weighted by Crippen LogP contribution is 2.29. The number of Topliss-reactive ketones (excluding diaryl/α,β-unsaturated/α-hetero) is 1. The molecule has 0 spiro atoms. The summed E-state index contributed by atoms with van der Waals surface area (Å²) in [4.78, 5) is 93.3. The van der Waals surface area contributed by atoms with Crippen molar-refractivity contribution >= 4 is 41.4 Å². The van der Waals surface area contributed by atoms with Gasteiger partial charge >= 0.3 is 6.09 Å². The number of nitrogens with zero attached hydrogens (tertiary/aromatic N) is 1. The molecule has 0 aromatic heterocycles. The first-order valence-corrected chi connectivity index (χ1v) is 18.8. The van der Waals surface area contributed by atoms with Crippen LogP contribution in [0.2, 0.25) is 0 Å². The zero-order chi connectivity index (χ0) is 40.8. The van der Waals surface area contributed by atoms with E-state index in [9.17, 15) is 33.6 Å². The first kappa shape index (κ1) is 45.6. The van der Waals surface area contributed by atoms with Gasteiger partial charge in [-0.2, -0.15) is 0 Å². The fourth-order valence-corrected chi connectivity index (χ4v) is 5.87. The highest BCUT2D eigenvalue weighted by atomic mass is 16.5. The van der Waals surface area contributed by atoms with Crippen LogP contribution in [0.25, 0.3) is 0 Å². The molecule has 1 aliphatic heterocycles. The number of hydrogen-bond donors (Lipinski definition) is 5. The van der Waals surface area contributed by atoms with Crippen molar-refractivity contribution < 1.29 is 43.0 Å². The molecule has 0 aliphatic carbocycles. The van der Waals surface area contributed by atoms with Crippen LogP contribution in [0.5, 0.6) is 0 Å². The predicted octanol–water partition coefficient (Wildman–Crippen LogP) is 2.92. The summed E-state index contributed by atoms with van der Waals surface area (Å²) < 4.78 is 11.5. The predicted molar refractivity (Wildman–Crippen MR) is 203 cm³/mol. The molecule has 302 valence electrons. The maximum Gasteiger partial charge on any atom is 0.407 e. The summed E-state index contributed by atoms with van der Waals surface area (Å²) in [6.45, 7) is 17.8. The van der Waals surface area contributed by atoms with E-state index in [0.717, 1.165) is 5.56 Å². The highest BCUT2D eigenvalue weighted by molar-refractivity contribution is 6.38. The van der Waals surface area contributed by atoms with Gasteiger partial charge < -0.3 is 41.0 Å². The monoisotopic (exact) mass is 758 g/mol. The second-order valence-corrected chi connectivity index (χ2v) is 16.2. The largest absolute Gasteiger partial charge is 0.449 e. The summed E-state index contributed by atoms with van der Waals surface area (Å²) in [5.74, 6) is -3.96. The molecular weight excluding hydrogens is 696 g/mol. The normalized spacial score (nSPS) is 17.5. The van der Waals surface area contributed by atoms with Crippen molar-refractivity contribution in [3.05, 3.63) is 35.9 Å². The van der Waals surface area contributed by atoms with Crippen molar-refractivity contribution in [2.24, 2.45) is 11.3 Å². The van der Waals surface area contributed by atoms with Gasteiger partial charge in [0.25, 0.3) is 5.91 Å². The fraction of sp³-hybridized carbons (Fsp3) is 0.667. The second kappa shape index (κ2) is 20.8. The maximum absolute atomic E-state index is 14.2.